The zero-order valence-electron chi connectivity index (χ0n) is 20.6. The Morgan fingerprint density at radius 2 is 1.69 bits per heavy atom. The lowest BCUT2D eigenvalue weighted by atomic mass is 10.1. The minimum Gasteiger partial charge on any atom is -0.489 e. The maximum Gasteiger partial charge on any atom is 0.251 e. The number of hydrogen-bond acceptors (Lipinski definition) is 7. The van der Waals surface area contributed by atoms with E-state index in [1.165, 1.54) is 11.1 Å². The van der Waals surface area contributed by atoms with E-state index in [2.05, 4.69) is 38.3 Å². The van der Waals surface area contributed by atoms with E-state index in [0.29, 0.717) is 23.6 Å². The second-order valence-electron chi connectivity index (χ2n) is 9.26. The van der Waals surface area contributed by atoms with Crippen LogP contribution in [0.4, 0.5) is 0 Å². The first-order chi connectivity index (χ1) is 17.6. The molecule has 0 unspecified atom stereocenters. The highest BCUT2D eigenvalue weighted by atomic mass is 16.7. The standard InChI is InChI=1S/C28H32N4O4/c1-21(16-30-28(33)24-6-9-26-27(15-24)35-20-34-26)36-25-7-4-22(5-8-25)18-31-11-13-32(14-12-31)19-23-3-2-10-29-17-23/h2-10,15,17,21H,11-14,16,18-20H2,1H3,(H,30,33)/t21-/m0/s1. The van der Waals surface area contributed by atoms with Crippen molar-refractivity contribution in [2.45, 2.75) is 26.1 Å². The molecule has 1 N–H and O–H groups in total. The predicted octanol–water partition coefficient (Wildman–Crippen LogP) is 3.33. The topological polar surface area (TPSA) is 76.2 Å². The van der Waals surface area contributed by atoms with Crippen LogP contribution in [0.5, 0.6) is 17.2 Å². The average molecular weight is 489 g/mol. The Hall–Kier alpha value is -3.62. The molecule has 0 spiro atoms. The molecule has 0 bridgehead atoms. The number of nitrogens with zero attached hydrogens (tertiary/aromatic N) is 3. The molecule has 1 saturated heterocycles. The molecule has 1 amide bonds. The van der Waals surface area contributed by atoms with Crippen molar-refractivity contribution in [1.82, 2.24) is 20.1 Å². The third-order valence-corrected chi connectivity index (χ3v) is 6.45. The summed E-state index contributed by atoms with van der Waals surface area (Å²) in [4.78, 5) is 21.7. The molecule has 1 fully saturated rings. The number of rotatable bonds is 9. The Balaban J connectivity index is 1.03. The van der Waals surface area contributed by atoms with E-state index in [-0.39, 0.29) is 18.8 Å². The number of pyridine rings is 1. The number of amides is 1. The molecule has 2 aliphatic rings. The summed E-state index contributed by atoms with van der Waals surface area (Å²) in [6, 6.07) is 17.6. The molecule has 1 aromatic heterocycles. The van der Waals surface area contributed by atoms with Gasteiger partial charge in [-0.3, -0.25) is 19.6 Å². The first-order valence-corrected chi connectivity index (χ1v) is 12.4. The number of fused-ring (bicyclic) bond motifs is 1. The molecule has 0 aliphatic carbocycles. The van der Waals surface area contributed by atoms with Gasteiger partial charge < -0.3 is 19.5 Å². The average Bonchev–Trinajstić information content (AvgIpc) is 3.38. The fraction of sp³-hybridized carbons (Fsp3) is 0.357. The summed E-state index contributed by atoms with van der Waals surface area (Å²) >= 11 is 0. The molecule has 188 valence electrons. The van der Waals surface area contributed by atoms with Crippen LogP contribution in [-0.2, 0) is 13.1 Å². The lowest BCUT2D eigenvalue weighted by Crippen LogP contribution is -2.45. The summed E-state index contributed by atoms with van der Waals surface area (Å²) in [6.07, 6.45) is 3.60. The molecule has 5 rings (SSSR count). The van der Waals surface area contributed by atoms with E-state index in [1.54, 1.807) is 18.2 Å². The minimum atomic E-state index is -0.167. The van der Waals surface area contributed by atoms with Gasteiger partial charge in [0.15, 0.2) is 11.5 Å². The predicted molar refractivity (Wildman–Crippen MR) is 136 cm³/mol. The van der Waals surface area contributed by atoms with E-state index in [0.717, 1.165) is 45.0 Å². The second-order valence-corrected chi connectivity index (χ2v) is 9.26. The molecule has 1 atom stereocenters. The number of hydrogen-bond donors (Lipinski definition) is 1. The third-order valence-electron chi connectivity index (χ3n) is 6.45. The quantitative estimate of drug-likeness (QED) is 0.495. The zero-order chi connectivity index (χ0) is 24.7. The molecule has 36 heavy (non-hydrogen) atoms. The SMILES string of the molecule is C[C@@H](CNC(=O)c1ccc2c(c1)OCO2)Oc1ccc(CN2CCN(Cc3cccnc3)CC2)cc1. The number of benzene rings is 2. The van der Waals surface area contributed by atoms with Gasteiger partial charge in [0.2, 0.25) is 6.79 Å². The van der Waals surface area contributed by atoms with E-state index in [1.807, 2.05) is 37.5 Å². The second kappa shape index (κ2) is 11.4. The van der Waals surface area contributed by atoms with Gasteiger partial charge in [0, 0.05) is 57.2 Å². The Morgan fingerprint density at radius 3 is 2.42 bits per heavy atom. The van der Waals surface area contributed by atoms with E-state index < -0.39 is 0 Å². The molecule has 0 saturated carbocycles. The molecule has 0 radical (unpaired) electrons. The van der Waals surface area contributed by atoms with Crippen LogP contribution in [0.15, 0.2) is 67.0 Å². The van der Waals surface area contributed by atoms with Crippen molar-refractivity contribution >= 4 is 5.91 Å². The lowest BCUT2D eigenvalue weighted by molar-refractivity contribution is 0.0931. The molecule has 2 aromatic carbocycles. The van der Waals surface area contributed by atoms with Crippen molar-refractivity contribution < 1.29 is 19.0 Å². The molecular weight excluding hydrogens is 456 g/mol. The maximum absolute atomic E-state index is 12.5. The van der Waals surface area contributed by atoms with Gasteiger partial charge in [0.25, 0.3) is 5.91 Å². The highest BCUT2D eigenvalue weighted by Gasteiger charge is 2.18. The Kier molecular flexibility index (Phi) is 7.64. The normalized spacial score (nSPS) is 16.5. The summed E-state index contributed by atoms with van der Waals surface area (Å²) < 4.78 is 16.6. The van der Waals surface area contributed by atoms with Crippen LogP contribution >= 0.6 is 0 Å². The Morgan fingerprint density at radius 1 is 0.972 bits per heavy atom. The van der Waals surface area contributed by atoms with Crippen molar-refractivity contribution in [2.75, 3.05) is 39.5 Å². The van der Waals surface area contributed by atoms with Gasteiger partial charge in [0.05, 0.1) is 6.54 Å². The first-order valence-electron chi connectivity index (χ1n) is 12.4. The lowest BCUT2D eigenvalue weighted by Gasteiger charge is -2.34. The van der Waals surface area contributed by atoms with Gasteiger partial charge in [0.1, 0.15) is 11.9 Å². The molecule has 2 aliphatic heterocycles. The summed E-state index contributed by atoms with van der Waals surface area (Å²) in [5.41, 5.74) is 3.07. The van der Waals surface area contributed by atoms with Gasteiger partial charge in [-0.05, 0) is 54.4 Å². The number of piperazine rings is 1. The number of nitrogens with one attached hydrogen (secondary N) is 1. The third kappa shape index (κ3) is 6.33. The van der Waals surface area contributed by atoms with Crippen LogP contribution in [0.3, 0.4) is 0 Å². The summed E-state index contributed by atoms with van der Waals surface area (Å²) in [6.45, 7) is 8.66. The van der Waals surface area contributed by atoms with Gasteiger partial charge in [-0.15, -0.1) is 0 Å². The highest BCUT2D eigenvalue weighted by molar-refractivity contribution is 5.94. The first kappa shape index (κ1) is 24.1. The largest absolute Gasteiger partial charge is 0.489 e. The van der Waals surface area contributed by atoms with Crippen molar-refractivity contribution in [3.8, 4) is 17.2 Å². The molecule has 8 nitrogen and oxygen atoms in total. The monoisotopic (exact) mass is 488 g/mol. The van der Waals surface area contributed by atoms with Gasteiger partial charge in [-0.1, -0.05) is 18.2 Å². The van der Waals surface area contributed by atoms with Crippen LogP contribution in [0, 0.1) is 0 Å². The number of aromatic nitrogens is 1. The maximum atomic E-state index is 12.5. The summed E-state index contributed by atoms with van der Waals surface area (Å²) in [5, 5.41) is 2.92. The van der Waals surface area contributed by atoms with Crippen molar-refractivity contribution in [3.05, 3.63) is 83.7 Å². The number of carbonyl (C=O) groups is 1. The highest BCUT2D eigenvalue weighted by Crippen LogP contribution is 2.32. The Labute approximate surface area is 211 Å². The number of ether oxygens (including phenoxy) is 3. The van der Waals surface area contributed by atoms with Gasteiger partial charge in [-0.2, -0.15) is 0 Å². The smallest absolute Gasteiger partial charge is 0.251 e. The minimum absolute atomic E-state index is 0.165. The molecule has 3 aromatic rings. The van der Waals surface area contributed by atoms with Crippen molar-refractivity contribution in [2.24, 2.45) is 0 Å². The molecule has 3 heterocycles. The van der Waals surface area contributed by atoms with E-state index in [4.69, 9.17) is 14.2 Å². The number of carbonyl (C=O) groups excluding carboxylic acids is 1. The van der Waals surface area contributed by atoms with Crippen LogP contribution in [0.2, 0.25) is 0 Å². The van der Waals surface area contributed by atoms with Crippen LogP contribution < -0.4 is 19.5 Å². The van der Waals surface area contributed by atoms with Crippen molar-refractivity contribution in [3.63, 3.8) is 0 Å². The van der Waals surface area contributed by atoms with Crippen molar-refractivity contribution in [1.29, 1.82) is 0 Å². The molecule has 8 heteroatoms. The Bertz CT molecular complexity index is 1150. The van der Waals surface area contributed by atoms with Crippen LogP contribution in [0.1, 0.15) is 28.4 Å². The molecular formula is C28H32N4O4. The van der Waals surface area contributed by atoms with Crippen LogP contribution in [0.25, 0.3) is 0 Å². The zero-order valence-corrected chi connectivity index (χ0v) is 20.6. The summed E-state index contributed by atoms with van der Waals surface area (Å²) in [5.74, 6) is 1.89. The van der Waals surface area contributed by atoms with E-state index in [9.17, 15) is 4.79 Å². The fourth-order valence-corrected chi connectivity index (χ4v) is 4.44. The van der Waals surface area contributed by atoms with Crippen LogP contribution in [-0.4, -0.2) is 66.3 Å². The van der Waals surface area contributed by atoms with Gasteiger partial charge in [-0.25, -0.2) is 0 Å². The summed E-state index contributed by atoms with van der Waals surface area (Å²) in [7, 11) is 0. The van der Waals surface area contributed by atoms with Gasteiger partial charge >= 0.3 is 0 Å². The fourth-order valence-electron chi connectivity index (χ4n) is 4.44. The van der Waals surface area contributed by atoms with E-state index >= 15 is 0 Å².